The van der Waals surface area contributed by atoms with Crippen LogP contribution in [-0.4, -0.2) is 21.2 Å². The third kappa shape index (κ3) is 2.97. The van der Waals surface area contributed by atoms with Crippen LogP contribution in [0, 0.1) is 13.8 Å². The minimum Gasteiger partial charge on any atom is -0.293 e. The van der Waals surface area contributed by atoms with Gasteiger partial charge in [0.25, 0.3) is 0 Å². The molecule has 1 aromatic carbocycles. The first-order valence-corrected chi connectivity index (χ1v) is 7.38. The van der Waals surface area contributed by atoms with Gasteiger partial charge in [-0.05, 0) is 38.0 Å². The van der Waals surface area contributed by atoms with Crippen LogP contribution in [0.15, 0.2) is 28.0 Å². The summed E-state index contributed by atoms with van der Waals surface area (Å²) in [6, 6.07) is 5.83. The van der Waals surface area contributed by atoms with Crippen molar-refractivity contribution in [2.75, 3.05) is 0 Å². The van der Waals surface area contributed by atoms with Gasteiger partial charge in [-0.3, -0.25) is 4.79 Å². The highest BCUT2D eigenvalue weighted by Gasteiger charge is 2.18. The van der Waals surface area contributed by atoms with E-state index in [1.54, 1.807) is 5.51 Å². The normalized spacial score (nSPS) is 12.4. The maximum atomic E-state index is 12.3. The average molecular weight is 278 g/mol. The Morgan fingerprint density at radius 1 is 1.33 bits per heavy atom. The molecule has 2 rings (SSSR count). The Morgan fingerprint density at radius 2 is 2.11 bits per heavy atom. The molecular weight excluding hydrogens is 264 g/mol. The van der Waals surface area contributed by atoms with E-state index in [9.17, 15) is 4.79 Å². The van der Waals surface area contributed by atoms with Crippen LogP contribution in [0.4, 0.5) is 0 Å². The second-order valence-electron chi connectivity index (χ2n) is 4.13. The minimum absolute atomic E-state index is 0.137. The van der Waals surface area contributed by atoms with Crippen LogP contribution < -0.4 is 0 Å². The maximum absolute atomic E-state index is 12.3. The van der Waals surface area contributed by atoms with E-state index in [-0.39, 0.29) is 11.0 Å². The van der Waals surface area contributed by atoms with Crippen molar-refractivity contribution in [1.29, 1.82) is 0 Å². The van der Waals surface area contributed by atoms with Crippen molar-refractivity contribution in [3.05, 3.63) is 40.4 Å². The fourth-order valence-corrected chi connectivity index (χ4v) is 3.25. The van der Waals surface area contributed by atoms with Crippen molar-refractivity contribution in [3.8, 4) is 0 Å². The number of ketones is 1. The molecule has 18 heavy (non-hydrogen) atoms. The number of carbonyl (C=O) groups is 1. The highest BCUT2D eigenvalue weighted by atomic mass is 32.2. The zero-order valence-corrected chi connectivity index (χ0v) is 12.1. The number of benzene rings is 1. The van der Waals surface area contributed by atoms with E-state index < -0.39 is 0 Å². The predicted octanol–water partition coefficient (Wildman–Crippen LogP) is 3.52. The lowest BCUT2D eigenvalue weighted by molar-refractivity contribution is 0.0994. The first-order valence-electron chi connectivity index (χ1n) is 5.62. The molecule has 0 fully saturated rings. The van der Waals surface area contributed by atoms with Crippen molar-refractivity contribution < 1.29 is 4.79 Å². The van der Waals surface area contributed by atoms with Gasteiger partial charge in [-0.1, -0.05) is 35.2 Å². The summed E-state index contributed by atoms with van der Waals surface area (Å²) < 4.78 is 0.833. The van der Waals surface area contributed by atoms with Crippen LogP contribution in [0.1, 0.15) is 28.4 Å². The van der Waals surface area contributed by atoms with Crippen molar-refractivity contribution in [3.63, 3.8) is 0 Å². The molecule has 0 unspecified atom stereocenters. The van der Waals surface area contributed by atoms with E-state index in [1.165, 1.54) is 28.7 Å². The van der Waals surface area contributed by atoms with Gasteiger partial charge in [0.15, 0.2) is 10.1 Å². The van der Waals surface area contributed by atoms with Gasteiger partial charge in [0.05, 0.1) is 5.25 Å². The van der Waals surface area contributed by atoms with Gasteiger partial charge >= 0.3 is 0 Å². The summed E-state index contributed by atoms with van der Waals surface area (Å²) in [5.41, 5.74) is 4.79. The molecule has 0 aliphatic carbocycles. The first kappa shape index (κ1) is 13.2. The molecule has 0 amide bonds. The second kappa shape index (κ2) is 5.63. The Balaban J connectivity index is 2.12. The molecule has 0 saturated heterocycles. The van der Waals surface area contributed by atoms with Crippen molar-refractivity contribution >= 4 is 28.9 Å². The molecule has 0 bridgehead atoms. The molecule has 94 valence electrons. The van der Waals surface area contributed by atoms with E-state index >= 15 is 0 Å². The molecular formula is C13H14N2OS2. The predicted molar refractivity (Wildman–Crippen MR) is 75.5 cm³/mol. The standard InChI is InChI=1S/C13H14N2OS2/c1-8-4-5-11(6-9(8)2)12(16)10(3)18-13-15-14-7-17-13/h4-7,10H,1-3H3/t10-/m0/s1. The summed E-state index contributed by atoms with van der Waals surface area (Å²) in [7, 11) is 0. The molecule has 0 radical (unpaired) electrons. The summed E-state index contributed by atoms with van der Waals surface area (Å²) in [4.78, 5) is 12.3. The topological polar surface area (TPSA) is 42.9 Å². The smallest absolute Gasteiger partial charge is 0.175 e. The third-order valence-corrected chi connectivity index (χ3v) is 4.69. The van der Waals surface area contributed by atoms with Crippen LogP contribution in [0.5, 0.6) is 0 Å². The van der Waals surface area contributed by atoms with Gasteiger partial charge in [0.2, 0.25) is 0 Å². The first-order chi connectivity index (χ1) is 8.58. The van der Waals surface area contributed by atoms with Crippen LogP contribution in [0.3, 0.4) is 0 Å². The minimum atomic E-state index is -0.139. The van der Waals surface area contributed by atoms with Gasteiger partial charge < -0.3 is 0 Å². The summed E-state index contributed by atoms with van der Waals surface area (Å²) in [6.07, 6.45) is 0. The molecule has 3 nitrogen and oxygen atoms in total. The Kier molecular flexibility index (Phi) is 4.14. The van der Waals surface area contributed by atoms with Crippen molar-refractivity contribution in [2.24, 2.45) is 0 Å². The van der Waals surface area contributed by atoms with Gasteiger partial charge in [-0.2, -0.15) is 0 Å². The van der Waals surface area contributed by atoms with E-state index in [1.807, 2.05) is 39.0 Å². The summed E-state index contributed by atoms with van der Waals surface area (Å²) in [5.74, 6) is 0.137. The Bertz CT molecular complexity index is 552. The van der Waals surface area contributed by atoms with Gasteiger partial charge in [-0.15, -0.1) is 10.2 Å². The number of Topliss-reactive ketones (excluding diaryl/α,β-unsaturated/α-hetero) is 1. The van der Waals surface area contributed by atoms with Gasteiger partial charge in [-0.25, -0.2) is 0 Å². The molecule has 0 aliphatic rings. The number of aromatic nitrogens is 2. The highest BCUT2D eigenvalue weighted by Crippen LogP contribution is 2.26. The van der Waals surface area contributed by atoms with E-state index in [4.69, 9.17) is 0 Å². The lowest BCUT2D eigenvalue weighted by Crippen LogP contribution is -2.13. The lowest BCUT2D eigenvalue weighted by atomic mass is 10.0. The average Bonchev–Trinajstić information content (AvgIpc) is 2.84. The lowest BCUT2D eigenvalue weighted by Gasteiger charge is -2.09. The quantitative estimate of drug-likeness (QED) is 0.634. The van der Waals surface area contributed by atoms with Crippen molar-refractivity contribution in [1.82, 2.24) is 10.2 Å². The Labute approximate surface area is 115 Å². The Morgan fingerprint density at radius 3 is 2.72 bits per heavy atom. The number of hydrogen-bond acceptors (Lipinski definition) is 5. The zero-order valence-electron chi connectivity index (χ0n) is 10.5. The molecule has 1 aromatic heterocycles. The zero-order chi connectivity index (χ0) is 13.1. The van der Waals surface area contributed by atoms with Gasteiger partial charge in [0.1, 0.15) is 5.51 Å². The van der Waals surface area contributed by atoms with Crippen LogP contribution in [-0.2, 0) is 0 Å². The molecule has 1 atom stereocenters. The van der Waals surface area contributed by atoms with E-state index in [0.29, 0.717) is 0 Å². The molecule has 0 spiro atoms. The largest absolute Gasteiger partial charge is 0.293 e. The van der Waals surface area contributed by atoms with Gasteiger partial charge in [0, 0.05) is 5.56 Å². The number of carbonyl (C=O) groups excluding carboxylic acids is 1. The third-order valence-electron chi connectivity index (χ3n) is 2.78. The second-order valence-corrected chi connectivity index (χ2v) is 6.55. The molecule has 2 aromatic rings. The highest BCUT2D eigenvalue weighted by molar-refractivity contribution is 8.02. The fourth-order valence-electron chi connectivity index (χ4n) is 1.55. The molecule has 0 N–H and O–H groups in total. The van der Waals surface area contributed by atoms with E-state index in [2.05, 4.69) is 10.2 Å². The monoisotopic (exact) mass is 278 g/mol. The number of nitrogens with zero attached hydrogens (tertiary/aromatic N) is 2. The van der Waals surface area contributed by atoms with Crippen molar-refractivity contribution in [2.45, 2.75) is 30.4 Å². The molecule has 0 aliphatic heterocycles. The number of hydrogen-bond donors (Lipinski definition) is 0. The number of thioether (sulfide) groups is 1. The molecule has 0 saturated carbocycles. The summed E-state index contributed by atoms with van der Waals surface area (Å²) in [6.45, 7) is 5.97. The summed E-state index contributed by atoms with van der Waals surface area (Å²) in [5, 5.41) is 7.57. The van der Waals surface area contributed by atoms with Crippen LogP contribution in [0.2, 0.25) is 0 Å². The molecule has 5 heteroatoms. The number of rotatable bonds is 4. The van der Waals surface area contributed by atoms with Crippen LogP contribution >= 0.6 is 23.1 Å². The SMILES string of the molecule is Cc1ccc(C(=O)[C@H](C)Sc2nncs2)cc1C. The maximum Gasteiger partial charge on any atom is 0.175 e. The summed E-state index contributed by atoms with van der Waals surface area (Å²) >= 11 is 2.92. The molecule has 1 heterocycles. The number of aryl methyl sites for hydroxylation is 2. The Hall–Kier alpha value is -1.20. The van der Waals surface area contributed by atoms with Crippen LogP contribution in [0.25, 0.3) is 0 Å². The van der Waals surface area contributed by atoms with E-state index in [0.717, 1.165) is 15.5 Å². The fraction of sp³-hybridized carbons (Fsp3) is 0.308.